The summed E-state index contributed by atoms with van der Waals surface area (Å²) < 4.78 is 5.81. The van der Waals surface area contributed by atoms with E-state index in [0.717, 1.165) is 32.2 Å². The summed E-state index contributed by atoms with van der Waals surface area (Å²) in [6.07, 6.45) is 9.95. The Labute approximate surface area is 112 Å². The fourth-order valence-corrected chi connectivity index (χ4v) is 3.53. The second-order valence-corrected chi connectivity index (χ2v) is 5.85. The van der Waals surface area contributed by atoms with Gasteiger partial charge in [0.05, 0.1) is 12.7 Å². The van der Waals surface area contributed by atoms with Gasteiger partial charge in [0, 0.05) is 25.2 Å². The molecule has 0 aromatic carbocycles. The molecule has 0 aromatic rings. The fraction of sp³-hybridized carbons (Fsp3) is 1.00. The van der Waals surface area contributed by atoms with Gasteiger partial charge in [0.1, 0.15) is 0 Å². The van der Waals surface area contributed by atoms with Crippen LogP contribution in [0.5, 0.6) is 0 Å². The van der Waals surface area contributed by atoms with E-state index in [-0.39, 0.29) is 0 Å². The maximum absolute atomic E-state index is 5.81. The van der Waals surface area contributed by atoms with Gasteiger partial charge in [0.15, 0.2) is 0 Å². The molecule has 2 fully saturated rings. The lowest BCUT2D eigenvalue weighted by Gasteiger charge is -2.42. The summed E-state index contributed by atoms with van der Waals surface area (Å²) in [6.45, 7) is 5.42. The largest absolute Gasteiger partial charge is 0.376 e. The van der Waals surface area contributed by atoms with Gasteiger partial charge in [-0.1, -0.05) is 32.6 Å². The van der Waals surface area contributed by atoms with E-state index in [1.165, 1.54) is 38.5 Å². The molecule has 3 nitrogen and oxygen atoms in total. The third-order valence-electron chi connectivity index (χ3n) is 4.69. The van der Waals surface area contributed by atoms with Gasteiger partial charge in [0.2, 0.25) is 0 Å². The first kappa shape index (κ1) is 14.3. The van der Waals surface area contributed by atoms with E-state index < -0.39 is 0 Å². The quantitative estimate of drug-likeness (QED) is 0.837. The fourth-order valence-electron chi connectivity index (χ4n) is 3.53. The maximum Gasteiger partial charge on any atom is 0.0700 e. The average molecular weight is 254 g/mol. The van der Waals surface area contributed by atoms with Gasteiger partial charge in [-0.05, 0) is 26.3 Å². The summed E-state index contributed by atoms with van der Waals surface area (Å²) >= 11 is 0. The molecule has 3 atom stereocenters. The van der Waals surface area contributed by atoms with E-state index in [4.69, 9.17) is 4.74 Å². The van der Waals surface area contributed by atoms with Crippen LogP contribution in [0.25, 0.3) is 0 Å². The van der Waals surface area contributed by atoms with Crippen LogP contribution in [0.4, 0.5) is 0 Å². The van der Waals surface area contributed by atoms with Crippen LogP contribution in [0, 0.1) is 0 Å². The molecule has 2 aliphatic rings. The topological polar surface area (TPSA) is 24.5 Å². The maximum atomic E-state index is 5.81. The number of rotatable bonds is 3. The molecule has 0 amide bonds. The van der Waals surface area contributed by atoms with Crippen LogP contribution in [0.3, 0.4) is 0 Å². The summed E-state index contributed by atoms with van der Waals surface area (Å²) in [4.78, 5) is 2.70. The van der Waals surface area contributed by atoms with Gasteiger partial charge in [-0.15, -0.1) is 0 Å². The zero-order valence-electron chi connectivity index (χ0n) is 12.2. The van der Waals surface area contributed by atoms with E-state index in [0.29, 0.717) is 12.1 Å². The number of nitrogens with one attached hydrogen (secondary N) is 1. The van der Waals surface area contributed by atoms with E-state index >= 15 is 0 Å². The van der Waals surface area contributed by atoms with Gasteiger partial charge in [-0.3, -0.25) is 4.90 Å². The average Bonchev–Trinajstić information content (AvgIpc) is 2.39. The summed E-state index contributed by atoms with van der Waals surface area (Å²) in [6, 6.07) is 1.41. The highest BCUT2D eigenvalue weighted by Crippen LogP contribution is 2.24. The van der Waals surface area contributed by atoms with Crippen LogP contribution < -0.4 is 5.32 Å². The van der Waals surface area contributed by atoms with Crippen molar-refractivity contribution in [2.45, 2.75) is 70.1 Å². The van der Waals surface area contributed by atoms with Crippen LogP contribution in [-0.4, -0.2) is 49.8 Å². The SMILES string of the molecule is CCC1CN(C2CCCCCCC2NC)CCO1. The van der Waals surface area contributed by atoms with Crippen molar-refractivity contribution in [2.24, 2.45) is 0 Å². The molecular weight excluding hydrogens is 224 g/mol. The highest BCUT2D eigenvalue weighted by molar-refractivity contribution is 4.87. The Kier molecular flexibility index (Phi) is 5.93. The number of morpholine rings is 1. The monoisotopic (exact) mass is 254 g/mol. The molecule has 18 heavy (non-hydrogen) atoms. The third kappa shape index (κ3) is 3.69. The summed E-state index contributed by atoms with van der Waals surface area (Å²) in [5.41, 5.74) is 0. The van der Waals surface area contributed by atoms with Crippen molar-refractivity contribution in [3.8, 4) is 0 Å². The molecule has 1 saturated heterocycles. The van der Waals surface area contributed by atoms with Crippen molar-refractivity contribution in [3.05, 3.63) is 0 Å². The van der Waals surface area contributed by atoms with Gasteiger partial charge in [-0.2, -0.15) is 0 Å². The molecule has 1 saturated carbocycles. The summed E-state index contributed by atoms with van der Waals surface area (Å²) in [7, 11) is 2.14. The lowest BCUT2D eigenvalue weighted by molar-refractivity contribution is -0.0519. The highest BCUT2D eigenvalue weighted by Gasteiger charge is 2.30. The molecule has 1 heterocycles. The number of nitrogens with zero attached hydrogens (tertiary/aromatic N) is 1. The predicted molar refractivity (Wildman–Crippen MR) is 75.9 cm³/mol. The van der Waals surface area contributed by atoms with Crippen LogP contribution >= 0.6 is 0 Å². The Hall–Kier alpha value is -0.120. The van der Waals surface area contributed by atoms with Gasteiger partial charge in [0.25, 0.3) is 0 Å². The summed E-state index contributed by atoms with van der Waals surface area (Å²) in [5, 5.41) is 3.57. The van der Waals surface area contributed by atoms with Crippen LogP contribution in [-0.2, 0) is 4.74 Å². The molecule has 0 aromatic heterocycles. The van der Waals surface area contributed by atoms with Crippen LogP contribution in [0.15, 0.2) is 0 Å². The lowest BCUT2D eigenvalue weighted by atomic mass is 9.90. The Balaban J connectivity index is 1.97. The molecule has 0 bridgehead atoms. The van der Waals surface area contributed by atoms with Gasteiger partial charge >= 0.3 is 0 Å². The normalized spacial score (nSPS) is 36.0. The Bertz CT molecular complexity index is 235. The Morgan fingerprint density at radius 2 is 1.94 bits per heavy atom. The molecule has 1 N–H and O–H groups in total. The minimum atomic E-state index is 0.460. The minimum absolute atomic E-state index is 0.460. The van der Waals surface area contributed by atoms with E-state index in [1.54, 1.807) is 0 Å². The third-order valence-corrected chi connectivity index (χ3v) is 4.69. The van der Waals surface area contributed by atoms with E-state index in [1.807, 2.05) is 0 Å². The zero-order chi connectivity index (χ0) is 12.8. The number of likely N-dealkylation sites (N-methyl/N-ethyl adjacent to an activating group) is 1. The second kappa shape index (κ2) is 7.46. The van der Waals surface area contributed by atoms with Crippen LogP contribution in [0.1, 0.15) is 51.9 Å². The van der Waals surface area contributed by atoms with Crippen molar-refractivity contribution >= 4 is 0 Å². The first-order valence-corrected chi connectivity index (χ1v) is 7.88. The molecule has 1 aliphatic heterocycles. The Morgan fingerprint density at radius 3 is 2.67 bits per heavy atom. The first-order chi connectivity index (χ1) is 8.85. The molecular formula is C15H30N2O. The minimum Gasteiger partial charge on any atom is -0.376 e. The highest BCUT2D eigenvalue weighted by atomic mass is 16.5. The zero-order valence-corrected chi connectivity index (χ0v) is 12.2. The van der Waals surface area contributed by atoms with Crippen molar-refractivity contribution in [1.29, 1.82) is 0 Å². The molecule has 106 valence electrons. The molecule has 3 heteroatoms. The molecule has 2 rings (SSSR count). The second-order valence-electron chi connectivity index (χ2n) is 5.85. The smallest absolute Gasteiger partial charge is 0.0700 e. The Morgan fingerprint density at radius 1 is 1.17 bits per heavy atom. The molecule has 3 unspecified atom stereocenters. The van der Waals surface area contributed by atoms with Crippen molar-refractivity contribution in [2.75, 3.05) is 26.7 Å². The van der Waals surface area contributed by atoms with Crippen molar-refractivity contribution in [1.82, 2.24) is 10.2 Å². The number of hydrogen-bond acceptors (Lipinski definition) is 3. The van der Waals surface area contributed by atoms with Crippen LogP contribution in [0.2, 0.25) is 0 Å². The van der Waals surface area contributed by atoms with E-state index in [2.05, 4.69) is 24.2 Å². The van der Waals surface area contributed by atoms with E-state index in [9.17, 15) is 0 Å². The molecule has 0 spiro atoms. The van der Waals surface area contributed by atoms with Gasteiger partial charge in [-0.25, -0.2) is 0 Å². The number of hydrogen-bond donors (Lipinski definition) is 1. The van der Waals surface area contributed by atoms with Crippen molar-refractivity contribution < 1.29 is 4.74 Å². The summed E-state index contributed by atoms with van der Waals surface area (Å²) in [5.74, 6) is 0. The van der Waals surface area contributed by atoms with Gasteiger partial charge < -0.3 is 10.1 Å². The first-order valence-electron chi connectivity index (χ1n) is 7.88. The lowest BCUT2D eigenvalue weighted by Crippen LogP contribution is -2.55. The van der Waals surface area contributed by atoms with Crippen molar-refractivity contribution in [3.63, 3.8) is 0 Å². The standard InChI is InChI=1S/C15H30N2O/c1-3-13-12-17(10-11-18-13)15-9-7-5-4-6-8-14(15)16-2/h13-16H,3-12H2,1-2H3. The molecule has 0 radical (unpaired) electrons. The predicted octanol–water partition coefficient (Wildman–Crippen LogP) is 2.41. The number of ether oxygens (including phenoxy) is 1. The molecule has 1 aliphatic carbocycles.